The van der Waals surface area contributed by atoms with Crippen molar-refractivity contribution in [1.29, 1.82) is 0 Å². The zero-order valence-corrected chi connectivity index (χ0v) is 22.4. The van der Waals surface area contributed by atoms with Crippen LogP contribution < -0.4 is 10.1 Å². The zero-order chi connectivity index (χ0) is 27.1. The summed E-state index contributed by atoms with van der Waals surface area (Å²) in [5, 5.41) is 12.1. The van der Waals surface area contributed by atoms with Crippen molar-refractivity contribution in [2.24, 2.45) is 0 Å². The molecular weight excluding hydrogens is 502 g/mol. The number of ether oxygens (including phenoxy) is 1. The summed E-state index contributed by atoms with van der Waals surface area (Å²) in [6.07, 6.45) is 6.83. The predicted octanol–water partition coefficient (Wildman–Crippen LogP) is 3.97. The number of carbonyl (C=O) groups excluding carboxylic acids is 1. The van der Waals surface area contributed by atoms with E-state index < -0.39 is 0 Å². The molecule has 1 fully saturated rings. The van der Waals surface area contributed by atoms with Crippen LogP contribution >= 0.6 is 0 Å². The van der Waals surface area contributed by atoms with Crippen LogP contribution in [0.25, 0.3) is 16.9 Å². The molecule has 5 aromatic rings. The number of nitrogens with one attached hydrogen (secondary N) is 1. The molecule has 9 heteroatoms. The molecule has 0 aliphatic carbocycles. The van der Waals surface area contributed by atoms with E-state index in [0.717, 1.165) is 46.2 Å². The Kier molecular flexibility index (Phi) is 7.81. The summed E-state index contributed by atoms with van der Waals surface area (Å²) < 4.78 is 9.41. The van der Waals surface area contributed by atoms with E-state index in [4.69, 9.17) is 14.8 Å². The summed E-state index contributed by atoms with van der Waals surface area (Å²) in [4.78, 5) is 19.6. The number of likely N-dealkylation sites (tertiary alicyclic amines) is 1. The van der Waals surface area contributed by atoms with Gasteiger partial charge in [0, 0.05) is 31.3 Å². The van der Waals surface area contributed by atoms with Gasteiger partial charge in [-0.05, 0) is 61.3 Å². The molecule has 1 aliphatic rings. The van der Waals surface area contributed by atoms with Crippen molar-refractivity contribution in [2.75, 3.05) is 26.2 Å². The minimum Gasteiger partial charge on any atom is -0.492 e. The average Bonchev–Trinajstić information content (AvgIpc) is 3.75. The molecule has 204 valence electrons. The predicted molar refractivity (Wildman–Crippen MR) is 153 cm³/mol. The molecule has 1 saturated heterocycles. The molecule has 2 aromatic carbocycles. The highest BCUT2D eigenvalue weighted by Crippen LogP contribution is 2.21. The minimum absolute atomic E-state index is 0.0947. The highest BCUT2D eigenvalue weighted by Gasteiger charge is 2.13. The van der Waals surface area contributed by atoms with Crippen molar-refractivity contribution < 1.29 is 9.53 Å². The fraction of sp³-hybridized carbons (Fsp3) is 0.290. The highest BCUT2D eigenvalue weighted by molar-refractivity contribution is 5.75. The fourth-order valence-corrected chi connectivity index (χ4v) is 5.01. The molecule has 6 rings (SSSR count). The van der Waals surface area contributed by atoms with E-state index >= 15 is 0 Å². The molecule has 40 heavy (non-hydrogen) atoms. The quantitative estimate of drug-likeness (QED) is 0.275. The SMILES string of the molecule is O=C(Cn1cc(-c2cccc3nc(Cc4ccc(OCCN5CCCC5)cc4)nn23)cn1)NCc1ccccc1. The second-order valence-corrected chi connectivity index (χ2v) is 10.1. The molecular formula is C31H33N7O2. The number of hydrogen-bond donors (Lipinski definition) is 1. The lowest BCUT2D eigenvalue weighted by Gasteiger charge is -2.14. The Morgan fingerprint density at radius 1 is 0.925 bits per heavy atom. The van der Waals surface area contributed by atoms with E-state index in [1.165, 1.54) is 25.9 Å². The van der Waals surface area contributed by atoms with E-state index in [9.17, 15) is 4.79 Å². The van der Waals surface area contributed by atoms with Gasteiger partial charge in [-0.25, -0.2) is 9.50 Å². The van der Waals surface area contributed by atoms with E-state index in [1.807, 2.05) is 71.4 Å². The van der Waals surface area contributed by atoms with Gasteiger partial charge >= 0.3 is 0 Å². The smallest absolute Gasteiger partial charge is 0.241 e. The van der Waals surface area contributed by atoms with Crippen molar-refractivity contribution in [3.05, 3.63) is 102 Å². The van der Waals surface area contributed by atoms with Gasteiger partial charge < -0.3 is 10.1 Å². The van der Waals surface area contributed by atoms with Gasteiger partial charge in [-0.2, -0.15) is 10.2 Å². The van der Waals surface area contributed by atoms with Crippen LogP contribution in [0.4, 0.5) is 0 Å². The van der Waals surface area contributed by atoms with Crippen LogP contribution in [-0.2, 0) is 24.3 Å². The number of hydrogen-bond acceptors (Lipinski definition) is 6. The molecule has 0 atom stereocenters. The third-order valence-corrected chi connectivity index (χ3v) is 7.13. The topological polar surface area (TPSA) is 89.6 Å². The number of nitrogens with zero attached hydrogens (tertiary/aromatic N) is 6. The first-order valence-electron chi connectivity index (χ1n) is 13.8. The van der Waals surface area contributed by atoms with Crippen LogP contribution in [0.2, 0.25) is 0 Å². The second kappa shape index (κ2) is 12.1. The van der Waals surface area contributed by atoms with E-state index in [1.54, 1.807) is 10.9 Å². The average molecular weight is 536 g/mol. The number of amides is 1. The molecule has 0 unspecified atom stereocenters. The van der Waals surface area contributed by atoms with Crippen molar-refractivity contribution >= 4 is 11.6 Å². The maximum absolute atomic E-state index is 12.4. The highest BCUT2D eigenvalue weighted by atomic mass is 16.5. The Balaban J connectivity index is 1.07. The van der Waals surface area contributed by atoms with Crippen LogP contribution in [0.15, 0.2) is 85.2 Å². The number of fused-ring (bicyclic) bond motifs is 1. The summed E-state index contributed by atoms with van der Waals surface area (Å²) in [7, 11) is 0. The van der Waals surface area contributed by atoms with E-state index in [2.05, 4.69) is 27.4 Å². The van der Waals surface area contributed by atoms with Crippen molar-refractivity contribution in [3.63, 3.8) is 0 Å². The molecule has 3 aromatic heterocycles. The standard InChI is InChI=1S/C31H33N7O2/c39-31(32-20-25-7-2-1-3-8-25)23-37-22-26(21-33-37)28-9-6-10-30-34-29(35-38(28)30)19-24-11-13-27(14-12-24)40-18-17-36-15-4-5-16-36/h1-3,6-14,21-22H,4-5,15-20,23H2,(H,32,39). The van der Waals surface area contributed by atoms with Crippen molar-refractivity contribution in [2.45, 2.75) is 32.4 Å². The summed E-state index contributed by atoms with van der Waals surface area (Å²) in [5.41, 5.74) is 4.69. The van der Waals surface area contributed by atoms with Gasteiger partial charge in [0.25, 0.3) is 0 Å². The zero-order valence-electron chi connectivity index (χ0n) is 22.4. The lowest BCUT2D eigenvalue weighted by Crippen LogP contribution is -2.27. The maximum Gasteiger partial charge on any atom is 0.241 e. The van der Waals surface area contributed by atoms with Gasteiger partial charge in [0.1, 0.15) is 18.9 Å². The Morgan fingerprint density at radius 3 is 2.58 bits per heavy atom. The van der Waals surface area contributed by atoms with Gasteiger partial charge in [-0.15, -0.1) is 0 Å². The fourth-order valence-electron chi connectivity index (χ4n) is 5.01. The number of carbonyl (C=O) groups is 1. The van der Waals surface area contributed by atoms with Gasteiger partial charge in [0.05, 0.1) is 11.9 Å². The van der Waals surface area contributed by atoms with Crippen molar-refractivity contribution in [1.82, 2.24) is 34.6 Å². The third kappa shape index (κ3) is 6.38. The van der Waals surface area contributed by atoms with Gasteiger partial charge in [0.15, 0.2) is 11.5 Å². The molecule has 4 heterocycles. The van der Waals surface area contributed by atoms with Crippen LogP contribution in [-0.4, -0.2) is 61.4 Å². The molecule has 0 spiro atoms. The molecule has 0 saturated carbocycles. The van der Waals surface area contributed by atoms with Crippen LogP contribution in [0.3, 0.4) is 0 Å². The molecule has 9 nitrogen and oxygen atoms in total. The largest absolute Gasteiger partial charge is 0.492 e. The number of rotatable bonds is 11. The number of aromatic nitrogens is 5. The number of pyridine rings is 1. The number of benzene rings is 2. The lowest BCUT2D eigenvalue weighted by molar-refractivity contribution is -0.122. The summed E-state index contributed by atoms with van der Waals surface area (Å²) in [5.74, 6) is 1.53. The third-order valence-electron chi connectivity index (χ3n) is 7.13. The Labute approximate surface area is 233 Å². The van der Waals surface area contributed by atoms with Crippen molar-refractivity contribution in [3.8, 4) is 17.0 Å². The summed E-state index contributed by atoms with van der Waals surface area (Å²) in [6, 6.07) is 23.9. The minimum atomic E-state index is -0.0947. The molecule has 0 bridgehead atoms. The van der Waals surface area contributed by atoms with Crippen LogP contribution in [0, 0.1) is 0 Å². The molecule has 0 radical (unpaired) electrons. The summed E-state index contributed by atoms with van der Waals surface area (Å²) in [6.45, 7) is 4.70. The summed E-state index contributed by atoms with van der Waals surface area (Å²) >= 11 is 0. The Morgan fingerprint density at radius 2 is 1.75 bits per heavy atom. The lowest BCUT2D eigenvalue weighted by atomic mass is 10.1. The molecule has 1 amide bonds. The monoisotopic (exact) mass is 535 g/mol. The van der Waals surface area contributed by atoms with E-state index in [-0.39, 0.29) is 12.5 Å². The first kappa shape index (κ1) is 25.8. The normalized spacial score (nSPS) is 13.6. The van der Waals surface area contributed by atoms with E-state index in [0.29, 0.717) is 19.6 Å². The first-order chi connectivity index (χ1) is 19.7. The van der Waals surface area contributed by atoms with Gasteiger partial charge in [0.2, 0.25) is 5.91 Å². The molecule has 1 N–H and O–H groups in total. The molecule has 1 aliphatic heterocycles. The van der Waals surface area contributed by atoms with Gasteiger partial charge in [-0.1, -0.05) is 48.5 Å². The Bertz CT molecular complexity index is 1550. The van der Waals surface area contributed by atoms with Crippen LogP contribution in [0.5, 0.6) is 5.75 Å². The second-order valence-electron chi connectivity index (χ2n) is 10.1. The maximum atomic E-state index is 12.4. The van der Waals surface area contributed by atoms with Crippen LogP contribution in [0.1, 0.15) is 29.8 Å². The first-order valence-corrected chi connectivity index (χ1v) is 13.8. The van der Waals surface area contributed by atoms with Gasteiger partial charge in [-0.3, -0.25) is 14.4 Å². The Hall–Kier alpha value is -4.50.